The van der Waals surface area contributed by atoms with Crippen LogP contribution in [0.15, 0.2) is 66.2 Å². The summed E-state index contributed by atoms with van der Waals surface area (Å²) in [5.41, 5.74) is 4.59. The van der Waals surface area contributed by atoms with Gasteiger partial charge in [0.25, 0.3) is 0 Å². The van der Waals surface area contributed by atoms with Gasteiger partial charge in [-0.05, 0) is 47.9 Å². The van der Waals surface area contributed by atoms with Crippen molar-refractivity contribution in [1.29, 1.82) is 0 Å². The Morgan fingerprint density at radius 3 is 2.15 bits per heavy atom. The lowest BCUT2D eigenvalue weighted by Gasteiger charge is -2.19. The molecule has 0 saturated heterocycles. The number of hydrogen-bond acceptors (Lipinski definition) is 1. The molecule has 1 N–H and O–H groups in total. The van der Waals surface area contributed by atoms with Crippen molar-refractivity contribution >= 4 is 0 Å². The number of aliphatic hydroxyl groups excluding tert-OH is 1. The van der Waals surface area contributed by atoms with Crippen molar-refractivity contribution in [2.45, 2.75) is 31.8 Å². The Morgan fingerprint density at radius 2 is 1.50 bits per heavy atom. The molecule has 1 heteroatoms. The van der Waals surface area contributed by atoms with Gasteiger partial charge in [-0.3, -0.25) is 0 Å². The van der Waals surface area contributed by atoms with Crippen molar-refractivity contribution in [3.63, 3.8) is 0 Å². The highest BCUT2D eigenvalue weighted by atomic mass is 16.3. The lowest BCUT2D eigenvalue weighted by Crippen LogP contribution is -2.04. The molecule has 1 unspecified atom stereocenters. The molecule has 2 aromatic carbocycles. The molecule has 1 atom stereocenters. The van der Waals surface area contributed by atoms with E-state index in [4.69, 9.17) is 0 Å². The molecule has 0 heterocycles. The molecule has 0 fully saturated rings. The minimum absolute atomic E-state index is 0.430. The average Bonchev–Trinajstić information content (AvgIpc) is 2.56. The fourth-order valence-electron chi connectivity index (χ4n) is 2.81. The van der Waals surface area contributed by atoms with Crippen molar-refractivity contribution in [2.24, 2.45) is 0 Å². The minimum atomic E-state index is -0.430. The average molecular weight is 264 g/mol. The first kappa shape index (κ1) is 13.1. The first-order valence-electron chi connectivity index (χ1n) is 7.37. The summed E-state index contributed by atoms with van der Waals surface area (Å²) < 4.78 is 0. The van der Waals surface area contributed by atoms with Gasteiger partial charge < -0.3 is 5.11 Å². The largest absolute Gasteiger partial charge is 0.384 e. The van der Waals surface area contributed by atoms with Crippen LogP contribution < -0.4 is 0 Å². The summed E-state index contributed by atoms with van der Waals surface area (Å²) in [6.07, 6.45) is 6.36. The number of rotatable bonds is 3. The highest BCUT2D eigenvalue weighted by molar-refractivity contribution is 5.63. The smallest absolute Gasteiger partial charge is 0.100 e. The molecule has 0 radical (unpaired) electrons. The summed E-state index contributed by atoms with van der Waals surface area (Å²) in [6, 6.07) is 18.6. The van der Waals surface area contributed by atoms with Gasteiger partial charge in [0, 0.05) is 0 Å². The lowest BCUT2D eigenvalue weighted by atomic mass is 9.91. The van der Waals surface area contributed by atoms with E-state index in [9.17, 15) is 5.11 Å². The monoisotopic (exact) mass is 264 g/mol. The van der Waals surface area contributed by atoms with Gasteiger partial charge >= 0.3 is 0 Å². The van der Waals surface area contributed by atoms with Crippen molar-refractivity contribution in [1.82, 2.24) is 0 Å². The van der Waals surface area contributed by atoms with E-state index in [-0.39, 0.29) is 0 Å². The van der Waals surface area contributed by atoms with E-state index in [0.717, 1.165) is 18.4 Å². The highest BCUT2D eigenvalue weighted by Crippen LogP contribution is 2.30. The van der Waals surface area contributed by atoms with Crippen molar-refractivity contribution in [3.8, 4) is 11.1 Å². The summed E-state index contributed by atoms with van der Waals surface area (Å²) in [7, 11) is 0. The fourth-order valence-corrected chi connectivity index (χ4v) is 2.81. The zero-order valence-electron chi connectivity index (χ0n) is 11.6. The Labute approximate surface area is 120 Å². The fraction of sp³-hybridized carbons (Fsp3) is 0.263. The standard InChI is InChI=1S/C19H20O/c20-19(17-9-5-2-6-10-17)18-13-11-16(12-14-18)15-7-3-1-4-8-15/h1,3-4,7-9,11-14,19-20H,2,5-6,10H2. The third kappa shape index (κ3) is 2.83. The van der Waals surface area contributed by atoms with Crippen LogP contribution in [0.25, 0.3) is 11.1 Å². The first-order chi connectivity index (χ1) is 9.84. The SMILES string of the molecule is OC(C1=CCCCC1)c1ccc(-c2ccccc2)cc1. The summed E-state index contributed by atoms with van der Waals surface area (Å²) in [6.45, 7) is 0. The maximum Gasteiger partial charge on any atom is 0.100 e. The van der Waals surface area contributed by atoms with E-state index in [1.165, 1.54) is 29.5 Å². The van der Waals surface area contributed by atoms with Crippen molar-refractivity contribution in [3.05, 3.63) is 71.8 Å². The van der Waals surface area contributed by atoms with E-state index in [1.807, 2.05) is 30.3 Å². The minimum Gasteiger partial charge on any atom is -0.384 e. The summed E-state index contributed by atoms with van der Waals surface area (Å²) in [5.74, 6) is 0. The zero-order valence-corrected chi connectivity index (χ0v) is 11.6. The van der Waals surface area contributed by atoms with Crippen molar-refractivity contribution < 1.29 is 5.11 Å². The van der Waals surface area contributed by atoms with Crippen LogP contribution in [0.4, 0.5) is 0 Å². The summed E-state index contributed by atoms with van der Waals surface area (Å²) >= 11 is 0. The van der Waals surface area contributed by atoms with Gasteiger partial charge in [0.2, 0.25) is 0 Å². The molecule has 1 nitrogen and oxygen atoms in total. The van der Waals surface area contributed by atoms with Crippen LogP contribution in [0.5, 0.6) is 0 Å². The van der Waals surface area contributed by atoms with Gasteiger partial charge in [-0.1, -0.05) is 60.7 Å². The Kier molecular flexibility index (Phi) is 3.98. The molecule has 0 saturated carbocycles. The normalized spacial score (nSPS) is 16.6. The third-order valence-electron chi connectivity index (χ3n) is 4.01. The van der Waals surface area contributed by atoms with Crippen LogP contribution in [-0.4, -0.2) is 5.11 Å². The van der Waals surface area contributed by atoms with Crippen LogP contribution in [-0.2, 0) is 0 Å². The quantitative estimate of drug-likeness (QED) is 0.783. The molecular weight excluding hydrogens is 244 g/mol. The molecule has 102 valence electrons. The van der Waals surface area contributed by atoms with Gasteiger partial charge in [0.15, 0.2) is 0 Å². The molecular formula is C19H20O. The van der Waals surface area contributed by atoms with Crippen LogP contribution in [0.2, 0.25) is 0 Å². The highest BCUT2D eigenvalue weighted by Gasteiger charge is 2.15. The van der Waals surface area contributed by atoms with Gasteiger partial charge in [0.1, 0.15) is 6.10 Å². The number of aliphatic hydroxyl groups is 1. The van der Waals surface area contributed by atoms with Crippen LogP contribution in [0.1, 0.15) is 37.4 Å². The third-order valence-corrected chi connectivity index (χ3v) is 4.01. The molecule has 0 bridgehead atoms. The van der Waals surface area contributed by atoms with E-state index in [2.05, 4.69) is 30.3 Å². The molecule has 0 aliphatic heterocycles. The topological polar surface area (TPSA) is 20.2 Å². The zero-order chi connectivity index (χ0) is 13.8. The molecule has 0 aromatic heterocycles. The lowest BCUT2D eigenvalue weighted by molar-refractivity contribution is 0.208. The van der Waals surface area contributed by atoms with E-state index >= 15 is 0 Å². The van der Waals surface area contributed by atoms with Crippen LogP contribution in [0.3, 0.4) is 0 Å². The molecule has 0 spiro atoms. The Morgan fingerprint density at radius 1 is 0.800 bits per heavy atom. The first-order valence-corrected chi connectivity index (χ1v) is 7.37. The maximum atomic E-state index is 10.4. The summed E-state index contributed by atoms with van der Waals surface area (Å²) in [5, 5.41) is 10.4. The predicted molar refractivity (Wildman–Crippen MR) is 83.4 cm³/mol. The Bertz CT molecular complexity index is 581. The Hall–Kier alpha value is -1.86. The van der Waals surface area contributed by atoms with Gasteiger partial charge in [-0.15, -0.1) is 0 Å². The summed E-state index contributed by atoms with van der Waals surface area (Å²) in [4.78, 5) is 0. The van der Waals surface area contributed by atoms with Gasteiger partial charge in [-0.25, -0.2) is 0 Å². The molecule has 1 aliphatic rings. The second kappa shape index (κ2) is 6.06. The van der Waals surface area contributed by atoms with Gasteiger partial charge in [0.05, 0.1) is 0 Å². The van der Waals surface area contributed by atoms with E-state index < -0.39 is 6.10 Å². The molecule has 20 heavy (non-hydrogen) atoms. The van der Waals surface area contributed by atoms with Crippen LogP contribution >= 0.6 is 0 Å². The molecule has 0 amide bonds. The molecule has 2 aromatic rings. The van der Waals surface area contributed by atoms with Crippen molar-refractivity contribution in [2.75, 3.05) is 0 Å². The number of benzene rings is 2. The van der Waals surface area contributed by atoms with Gasteiger partial charge in [-0.2, -0.15) is 0 Å². The van der Waals surface area contributed by atoms with E-state index in [1.54, 1.807) is 0 Å². The Balaban J connectivity index is 1.81. The number of allylic oxidation sites excluding steroid dienone is 1. The second-order valence-corrected chi connectivity index (χ2v) is 5.42. The number of hydrogen-bond donors (Lipinski definition) is 1. The maximum absolute atomic E-state index is 10.4. The second-order valence-electron chi connectivity index (χ2n) is 5.42. The van der Waals surface area contributed by atoms with Crippen LogP contribution in [0, 0.1) is 0 Å². The molecule has 3 rings (SSSR count). The predicted octanol–water partition coefficient (Wildman–Crippen LogP) is 4.89. The molecule has 1 aliphatic carbocycles. The van der Waals surface area contributed by atoms with E-state index in [0.29, 0.717) is 0 Å².